The van der Waals surface area contributed by atoms with Crippen LogP contribution in [0.3, 0.4) is 0 Å². The van der Waals surface area contributed by atoms with E-state index in [1.165, 1.54) is 0 Å². The van der Waals surface area contributed by atoms with E-state index in [2.05, 4.69) is 20.1 Å². The second-order valence-electron chi connectivity index (χ2n) is 6.63. The van der Waals surface area contributed by atoms with Gasteiger partial charge in [-0.15, -0.1) is 0 Å². The van der Waals surface area contributed by atoms with Gasteiger partial charge in [0.15, 0.2) is 6.61 Å². The molecule has 7 heteroatoms. The lowest BCUT2D eigenvalue weighted by atomic mass is 10.1. The molecule has 5 rings (SSSR count). The zero-order valence-corrected chi connectivity index (χ0v) is 15.8. The van der Waals surface area contributed by atoms with Crippen molar-refractivity contribution in [1.82, 2.24) is 20.1 Å². The molecule has 0 saturated heterocycles. The highest BCUT2D eigenvalue weighted by Crippen LogP contribution is 2.23. The SMILES string of the molecule is O=c1[nH]c(-c2cccc(-c3noc(COc4ccccc4)n3)c2)nc2ccccc12. The molecule has 30 heavy (non-hydrogen) atoms. The van der Waals surface area contributed by atoms with Crippen molar-refractivity contribution >= 4 is 10.9 Å². The van der Waals surface area contributed by atoms with E-state index in [1.807, 2.05) is 72.8 Å². The van der Waals surface area contributed by atoms with Crippen LogP contribution in [0.15, 0.2) is 88.2 Å². The molecular weight excluding hydrogens is 380 g/mol. The summed E-state index contributed by atoms with van der Waals surface area (Å²) in [5.74, 6) is 2.02. The highest BCUT2D eigenvalue weighted by atomic mass is 16.5. The standard InChI is InChI=1S/C23H16N4O3/c28-23-18-11-4-5-12-19(18)24-21(26-23)15-7-6-8-16(13-15)22-25-20(30-27-22)14-29-17-9-2-1-3-10-17/h1-13H,14H2,(H,24,26,28). The molecule has 146 valence electrons. The lowest BCUT2D eigenvalue weighted by molar-refractivity contribution is 0.243. The van der Waals surface area contributed by atoms with Gasteiger partial charge in [-0.2, -0.15) is 4.98 Å². The van der Waals surface area contributed by atoms with Crippen LogP contribution in [0.4, 0.5) is 0 Å². The number of hydrogen-bond acceptors (Lipinski definition) is 6. The molecule has 0 aliphatic heterocycles. The Kier molecular flexibility index (Phi) is 4.53. The first-order chi connectivity index (χ1) is 14.8. The van der Waals surface area contributed by atoms with E-state index in [0.717, 1.165) is 16.9 Å². The quantitative estimate of drug-likeness (QED) is 0.478. The van der Waals surface area contributed by atoms with Crippen LogP contribution in [0.25, 0.3) is 33.7 Å². The van der Waals surface area contributed by atoms with Crippen molar-refractivity contribution in [3.05, 3.63) is 95.1 Å². The molecule has 0 fully saturated rings. The summed E-state index contributed by atoms with van der Waals surface area (Å²) in [6.45, 7) is 0.177. The minimum absolute atomic E-state index is 0.177. The number of para-hydroxylation sites is 2. The summed E-state index contributed by atoms with van der Waals surface area (Å²) >= 11 is 0. The van der Waals surface area contributed by atoms with Crippen molar-refractivity contribution in [1.29, 1.82) is 0 Å². The lowest BCUT2D eigenvalue weighted by Crippen LogP contribution is -2.09. The number of aromatic nitrogens is 4. The first kappa shape index (κ1) is 17.8. The summed E-state index contributed by atoms with van der Waals surface area (Å²) in [7, 11) is 0. The number of hydrogen-bond donors (Lipinski definition) is 1. The van der Waals surface area contributed by atoms with Gasteiger partial charge in [0.25, 0.3) is 11.4 Å². The summed E-state index contributed by atoms with van der Waals surface area (Å²) in [5.41, 5.74) is 1.96. The Hall–Kier alpha value is -4.26. The third-order valence-corrected chi connectivity index (χ3v) is 4.58. The zero-order chi connectivity index (χ0) is 20.3. The number of benzene rings is 3. The Morgan fingerprint density at radius 3 is 2.57 bits per heavy atom. The van der Waals surface area contributed by atoms with E-state index in [0.29, 0.717) is 28.4 Å². The molecular formula is C23H16N4O3. The van der Waals surface area contributed by atoms with Crippen molar-refractivity contribution in [2.75, 3.05) is 0 Å². The largest absolute Gasteiger partial charge is 0.484 e. The van der Waals surface area contributed by atoms with Crippen LogP contribution in [-0.2, 0) is 6.61 Å². The first-order valence-corrected chi connectivity index (χ1v) is 9.36. The predicted octanol–water partition coefficient (Wildman–Crippen LogP) is 4.22. The molecule has 0 radical (unpaired) electrons. The number of fused-ring (bicyclic) bond motifs is 1. The molecule has 5 aromatic rings. The van der Waals surface area contributed by atoms with Gasteiger partial charge in [-0.05, 0) is 30.3 Å². The Morgan fingerprint density at radius 2 is 1.67 bits per heavy atom. The number of rotatable bonds is 5. The number of nitrogens with one attached hydrogen (secondary N) is 1. The van der Waals surface area contributed by atoms with E-state index in [4.69, 9.17) is 9.26 Å². The van der Waals surface area contributed by atoms with Crippen molar-refractivity contribution in [2.24, 2.45) is 0 Å². The van der Waals surface area contributed by atoms with Gasteiger partial charge in [-0.1, -0.05) is 53.7 Å². The van der Waals surface area contributed by atoms with Gasteiger partial charge in [0, 0.05) is 11.1 Å². The third kappa shape index (κ3) is 3.56. The Morgan fingerprint density at radius 1 is 0.867 bits per heavy atom. The molecule has 2 heterocycles. The van der Waals surface area contributed by atoms with Gasteiger partial charge in [-0.25, -0.2) is 4.98 Å². The van der Waals surface area contributed by atoms with E-state index in [1.54, 1.807) is 6.07 Å². The number of H-pyrrole nitrogens is 1. The lowest BCUT2D eigenvalue weighted by Gasteiger charge is -2.04. The molecule has 0 unspecified atom stereocenters. The van der Waals surface area contributed by atoms with E-state index < -0.39 is 0 Å². The number of aromatic amines is 1. The second kappa shape index (κ2) is 7.63. The monoisotopic (exact) mass is 396 g/mol. The number of nitrogens with zero attached hydrogens (tertiary/aromatic N) is 3. The van der Waals surface area contributed by atoms with Crippen LogP contribution in [0, 0.1) is 0 Å². The van der Waals surface area contributed by atoms with Gasteiger partial charge >= 0.3 is 0 Å². The molecule has 3 aromatic carbocycles. The van der Waals surface area contributed by atoms with E-state index in [9.17, 15) is 4.79 Å². The van der Waals surface area contributed by atoms with Crippen LogP contribution < -0.4 is 10.3 Å². The minimum atomic E-state index is -0.180. The van der Waals surface area contributed by atoms with Crippen LogP contribution in [-0.4, -0.2) is 20.1 Å². The van der Waals surface area contributed by atoms with E-state index in [-0.39, 0.29) is 12.2 Å². The smallest absolute Gasteiger partial charge is 0.264 e. The van der Waals surface area contributed by atoms with Gasteiger partial charge < -0.3 is 14.2 Å². The van der Waals surface area contributed by atoms with Crippen molar-refractivity contribution in [2.45, 2.75) is 6.61 Å². The summed E-state index contributed by atoms with van der Waals surface area (Å²) in [6, 6.07) is 24.1. The molecule has 7 nitrogen and oxygen atoms in total. The molecule has 0 saturated carbocycles. The summed E-state index contributed by atoms with van der Waals surface area (Å²) in [4.78, 5) is 24.2. The fraction of sp³-hybridized carbons (Fsp3) is 0.0435. The average Bonchev–Trinajstić information content (AvgIpc) is 3.28. The predicted molar refractivity (Wildman–Crippen MR) is 112 cm³/mol. The van der Waals surface area contributed by atoms with Gasteiger partial charge in [0.05, 0.1) is 10.9 Å². The first-order valence-electron chi connectivity index (χ1n) is 9.36. The molecule has 0 spiro atoms. The number of ether oxygens (including phenoxy) is 1. The molecule has 0 aliphatic carbocycles. The molecule has 1 N–H and O–H groups in total. The summed E-state index contributed by atoms with van der Waals surface area (Å²) < 4.78 is 10.9. The van der Waals surface area contributed by atoms with Crippen LogP contribution >= 0.6 is 0 Å². The maximum atomic E-state index is 12.4. The van der Waals surface area contributed by atoms with Crippen molar-refractivity contribution in [3.63, 3.8) is 0 Å². The molecule has 0 atom stereocenters. The minimum Gasteiger partial charge on any atom is -0.484 e. The van der Waals surface area contributed by atoms with Gasteiger partial charge in [-0.3, -0.25) is 4.79 Å². The summed E-state index contributed by atoms with van der Waals surface area (Å²) in [5, 5.41) is 4.60. The summed E-state index contributed by atoms with van der Waals surface area (Å²) in [6.07, 6.45) is 0. The van der Waals surface area contributed by atoms with Crippen molar-refractivity contribution < 1.29 is 9.26 Å². The molecule has 0 aliphatic rings. The maximum absolute atomic E-state index is 12.4. The van der Waals surface area contributed by atoms with Crippen LogP contribution in [0.1, 0.15) is 5.89 Å². The Labute approximate surface area is 171 Å². The third-order valence-electron chi connectivity index (χ3n) is 4.58. The maximum Gasteiger partial charge on any atom is 0.264 e. The normalized spacial score (nSPS) is 10.9. The molecule has 0 bridgehead atoms. The highest BCUT2D eigenvalue weighted by molar-refractivity contribution is 5.79. The molecule has 0 amide bonds. The topological polar surface area (TPSA) is 93.9 Å². The second-order valence-corrected chi connectivity index (χ2v) is 6.63. The van der Waals surface area contributed by atoms with Crippen molar-refractivity contribution in [3.8, 4) is 28.5 Å². The van der Waals surface area contributed by atoms with Gasteiger partial charge in [0.2, 0.25) is 5.82 Å². The van der Waals surface area contributed by atoms with E-state index >= 15 is 0 Å². The Bertz CT molecular complexity index is 1380. The van der Waals surface area contributed by atoms with Gasteiger partial charge in [0.1, 0.15) is 11.6 Å². The zero-order valence-electron chi connectivity index (χ0n) is 15.8. The molecule has 2 aromatic heterocycles. The van der Waals surface area contributed by atoms with Crippen LogP contribution in [0.5, 0.6) is 5.75 Å². The fourth-order valence-electron chi connectivity index (χ4n) is 3.12. The fourth-order valence-corrected chi connectivity index (χ4v) is 3.12. The Balaban J connectivity index is 1.42. The highest BCUT2D eigenvalue weighted by Gasteiger charge is 2.12. The van der Waals surface area contributed by atoms with Crippen LogP contribution in [0.2, 0.25) is 0 Å². The average molecular weight is 396 g/mol.